The molecule has 8 atom stereocenters. The number of carboxylic acids is 1. The predicted molar refractivity (Wildman–Crippen MR) is 393 cm³/mol. The molecule has 0 bridgehead atoms. The molecule has 1 aliphatic heterocycles. The molecule has 2 unspecified atom stereocenters. The number of carbonyl (C=O) groups is 11. The van der Waals surface area contributed by atoms with E-state index in [-0.39, 0.29) is 174 Å². The van der Waals surface area contributed by atoms with E-state index in [1.807, 2.05) is 60.5 Å². The number of aromatic nitrogens is 1. The van der Waals surface area contributed by atoms with Crippen LogP contribution in [0, 0.1) is 23.7 Å². The number of carbonyl (C=O) groups excluding carboxylic acids is 10. The number of carboxylic acid groups (broad SMARTS) is 1. The van der Waals surface area contributed by atoms with Gasteiger partial charge in [0.1, 0.15) is 23.1 Å². The van der Waals surface area contributed by atoms with Crippen molar-refractivity contribution in [2.45, 2.75) is 187 Å². The maximum atomic E-state index is 14.4. The summed E-state index contributed by atoms with van der Waals surface area (Å²) in [6.45, 7) is 19.3. The number of amides is 7. The van der Waals surface area contributed by atoms with E-state index in [1.54, 1.807) is 31.4 Å². The summed E-state index contributed by atoms with van der Waals surface area (Å²) in [5, 5.41) is 33.4. The number of phenolic OH excluding ortho intramolecular Hbond substituents is 1. The van der Waals surface area contributed by atoms with Crippen molar-refractivity contribution in [3.8, 4) is 5.75 Å². The van der Waals surface area contributed by atoms with Gasteiger partial charge in [0.15, 0.2) is 17.7 Å². The van der Waals surface area contributed by atoms with Crippen molar-refractivity contribution in [3.63, 3.8) is 0 Å². The molecule has 1 saturated heterocycles. The first-order chi connectivity index (χ1) is 49.4. The fourth-order valence-corrected chi connectivity index (χ4v) is 12.7. The molecule has 104 heavy (non-hydrogen) atoms. The minimum Gasteiger partial charge on any atom is -0.506 e. The van der Waals surface area contributed by atoms with E-state index in [2.05, 4.69) is 26.3 Å². The predicted octanol–water partition coefficient (Wildman–Crippen LogP) is 6.60. The Bertz CT molecular complexity index is 3010. The van der Waals surface area contributed by atoms with E-state index in [0.717, 1.165) is 16.2 Å². The summed E-state index contributed by atoms with van der Waals surface area (Å²) in [5.74, 6) is -6.81. The van der Waals surface area contributed by atoms with Crippen LogP contribution in [0.15, 0.2) is 23.6 Å². The van der Waals surface area contributed by atoms with E-state index in [1.165, 1.54) is 43.1 Å². The number of Topliss-reactive ketones (excluding diaryl/α,β-unsaturated/α-hetero) is 2. The number of hydrogen-bond donors (Lipinski definition) is 6. The van der Waals surface area contributed by atoms with Crippen LogP contribution >= 0.6 is 23.1 Å². The van der Waals surface area contributed by atoms with E-state index < -0.39 is 76.5 Å². The number of ether oxygens (including phenoxy) is 8. The van der Waals surface area contributed by atoms with Crippen LogP contribution < -0.4 is 21.3 Å². The number of benzene rings is 1. The van der Waals surface area contributed by atoms with Crippen molar-refractivity contribution < 1.29 is 101 Å². The minimum absolute atomic E-state index is 0.00562. The van der Waals surface area contributed by atoms with Gasteiger partial charge in [-0.25, -0.2) is 4.98 Å². The number of imide groups is 1. The minimum atomic E-state index is -1.10. The fourth-order valence-electron chi connectivity index (χ4n) is 11.2. The van der Waals surface area contributed by atoms with Crippen molar-refractivity contribution in [1.82, 2.24) is 35.6 Å². The van der Waals surface area contributed by atoms with Gasteiger partial charge in [0.2, 0.25) is 35.4 Å². The highest BCUT2D eigenvalue weighted by atomic mass is 32.2. The molecule has 6 N–H and O–H groups in total. The number of methoxy groups -OCH3 is 1. The van der Waals surface area contributed by atoms with E-state index in [9.17, 15) is 63.0 Å². The average molecular weight is 1510 g/mol. The van der Waals surface area contributed by atoms with E-state index in [4.69, 9.17) is 37.9 Å². The molecular formula is C73H118N8O21S2. The summed E-state index contributed by atoms with van der Waals surface area (Å²) in [6.07, 6.45) is 3.53. The van der Waals surface area contributed by atoms with Gasteiger partial charge in [-0.1, -0.05) is 47.1 Å². The molecule has 3 rings (SSSR count). The molecule has 1 aromatic heterocycles. The molecular weight excluding hydrogens is 1390 g/mol. The zero-order chi connectivity index (χ0) is 77.3. The summed E-state index contributed by atoms with van der Waals surface area (Å²) >= 11 is 2.37. The normalized spacial score (nSPS) is 15.3. The van der Waals surface area contributed by atoms with Gasteiger partial charge in [-0.2, -0.15) is 11.8 Å². The molecule has 29 nitrogen and oxygen atoms in total. The Labute approximate surface area is 622 Å². The molecule has 0 saturated carbocycles. The van der Waals surface area contributed by atoms with Crippen molar-refractivity contribution >= 4 is 93.6 Å². The lowest BCUT2D eigenvalue weighted by molar-refractivity contribution is -0.150. The number of rotatable bonds is 58. The van der Waals surface area contributed by atoms with Crippen LogP contribution in [0.5, 0.6) is 5.75 Å². The first-order valence-electron chi connectivity index (χ1n) is 36.1. The van der Waals surface area contributed by atoms with Crippen molar-refractivity contribution in [3.05, 3.63) is 39.8 Å². The third-order valence-electron chi connectivity index (χ3n) is 18.3. The van der Waals surface area contributed by atoms with E-state index in [0.29, 0.717) is 95.9 Å². The molecule has 1 aromatic carbocycles. The average Bonchev–Trinajstić information content (AvgIpc) is 1.29. The monoisotopic (exact) mass is 1510 g/mol. The quantitative estimate of drug-likeness (QED) is 0.0176. The van der Waals surface area contributed by atoms with Crippen LogP contribution in [0.4, 0.5) is 5.69 Å². The molecule has 1 fully saturated rings. The van der Waals surface area contributed by atoms with Gasteiger partial charge in [-0.3, -0.25) is 62.5 Å². The highest BCUT2D eigenvalue weighted by Crippen LogP contribution is 2.34. The summed E-state index contributed by atoms with van der Waals surface area (Å²) < 4.78 is 43.4. The molecule has 0 aliphatic carbocycles. The van der Waals surface area contributed by atoms with Crippen LogP contribution in [0.25, 0.3) is 0 Å². The SMILES string of the molecule is CC[C@H](C)[C@H](CC(=O)C(C)(C)N(C)C)C(=O)N(C)[C@H](C[C@@H](OC(C)=O)c1nc(C(=O)N[C@@H](Cc2ccc(O)c(NC(=O)CCCCC(=O)[C@H](CCCCNC(=O)COCCOCCOCCOCCOCCOCCOC)NC(=O)CCCN3C(=O)CC(SC)C3=O)c2)CC(C)C(=O)O)cs1)C(C)C. The van der Waals surface area contributed by atoms with Crippen molar-refractivity contribution in [1.29, 1.82) is 0 Å². The highest BCUT2D eigenvalue weighted by Gasteiger charge is 2.40. The number of likely N-dealkylation sites (tertiary alicyclic amines) is 1. The molecule has 588 valence electrons. The van der Waals surface area contributed by atoms with Gasteiger partial charge in [0.05, 0.1) is 108 Å². The first-order valence-corrected chi connectivity index (χ1v) is 38.3. The number of nitrogens with zero attached hydrogens (tertiary/aromatic N) is 4. The smallest absolute Gasteiger partial charge is 0.306 e. The number of likely N-dealkylation sites (N-methyl/N-ethyl adjacent to an activating group) is 1. The number of nitrogens with one attached hydrogen (secondary N) is 4. The number of aliphatic carboxylic acids is 1. The van der Waals surface area contributed by atoms with Crippen molar-refractivity contribution in [2.75, 3.05) is 139 Å². The Hall–Kier alpha value is -6.55. The Morgan fingerprint density at radius 2 is 1.37 bits per heavy atom. The Morgan fingerprint density at radius 1 is 0.769 bits per heavy atom. The second kappa shape index (κ2) is 50.1. The number of thioether (sulfide) groups is 1. The number of hydrogen-bond acceptors (Lipinski definition) is 24. The number of ketones is 2. The van der Waals surface area contributed by atoms with E-state index >= 15 is 0 Å². The molecule has 0 spiro atoms. The van der Waals surface area contributed by atoms with Gasteiger partial charge < -0.3 is 74.3 Å². The number of phenols is 1. The topological polar surface area (TPSA) is 373 Å². The summed E-state index contributed by atoms with van der Waals surface area (Å²) in [7, 11) is 6.95. The number of aromatic hydroxyl groups is 1. The maximum absolute atomic E-state index is 14.4. The Balaban J connectivity index is 1.58. The van der Waals surface area contributed by atoms with Crippen LogP contribution in [0.3, 0.4) is 0 Å². The van der Waals surface area contributed by atoms with Gasteiger partial charge >= 0.3 is 11.9 Å². The zero-order valence-corrected chi connectivity index (χ0v) is 65.1. The van der Waals surface area contributed by atoms with Crippen molar-refractivity contribution in [2.24, 2.45) is 23.7 Å². The highest BCUT2D eigenvalue weighted by molar-refractivity contribution is 8.00. The molecule has 0 radical (unpaired) electrons. The lowest BCUT2D eigenvalue weighted by Crippen LogP contribution is -2.50. The van der Waals surface area contributed by atoms with Crippen LogP contribution in [0.2, 0.25) is 0 Å². The second-order valence-electron chi connectivity index (χ2n) is 27.1. The third-order valence-corrected chi connectivity index (χ3v) is 20.2. The van der Waals surface area contributed by atoms with Gasteiger partial charge in [-0.05, 0) is 115 Å². The lowest BCUT2D eigenvalue weighted by atomic mass is 9.81. The van der Waals surface area contributed by atoms with Crippen LogP contribution in [-0.2, 0) is 92.3 Å². The molecule has 1 aliphatic rings. The fraction of sp³-hybridized carbons (Fsp3) is 0.726. The van der Waals surface area contributed by atoms with Gasteiger partial charge in [0.25, 0.3) is 5.91 Å². The molecule has 2 heterocycles. The number of thiazole rings is 1. The summed E-state index contributed by atoms with van der Waals surface area (Å²) in [4.78, 5) is 154. The Morgan fingerprint density at radius 3 is 1.92 bits per heavy atom. The molecule has 2 aromatic rings. The largest absolute Gasteiger partial charge is 0.506 e. The molecule has 7 amide bonds. The number of anilines is 1. The zero-order valence-electron chi connectivity index (χ0n) is 63.5. The summed E-state index contributed by atoms with van der Waals surface area (Å²) in [5.41, 5.74) is -0.256. The lowest BCUT2D eigenvalue weighted by Gasteiger charge is -2.38. The number of esters is 1. The van der Waals surface area contributed by atoms with Gasteiger partial charge in [0, 0.05) is 96.1 Å². The third kappa shape index (κ3) is 34.3. The molecule has 31 heteroatoms. The standard InChI is InChI=1S/C73H118N8O21S2/c1-14-49(4)54(43-63(85)73(7,8)79(9)10)70(91)80(11)58(48(2)3)44-61(102-51(6)82)69-78-57(47-104-69)68(90)75-53(40-50(5)72(93)94)41-52-24-25-60(84)56(42-52)77-64(86)22-16-15-21-59(83)55(76-65(87)23-19-27-81-67(89)45-62(103-13)71(81)92)20-17-18-26-74-66(88)46-101-39-38-100-37-36-99-35-34-98-33-32-97-31-30-96-29-28-95-12/h24-25,42,47-50,53-55,58,61-62,84H,14-23,26-41,43-46H2,1-13H3,(H,74,88)(H,75,90)(H,76,87)(H,77,86)(H,93,94)/t49-,50?,53+,54-,55-,58+,61+,62?/m0/s1. The maximum Gasteiger partial charge on any atom is 0.306 e. The number of unbranched alkanes of at least 4 members (excludes halogenated alkanes) is 2. The Kier molecular flexibility index (Phi) is 44.1. The summed E-state index contributed by atoms with van der Waals surface area (Å²) in [6, 6.07) is 2.26. The second-order valence-corrected chi connectivity index (χ2v) is 29.1. The first kappa shape index (κ1) is 91.7. The van der Waals surface area contributed by atoms with Gasteiger partial charge in [-0.15, -0.1) is 11.3 Å². The van der Waals surface area contributed by atoms with Crippen LogP contribution in [0.1, 0.15) is 172 Å². The van der Waals surface area contributed by atoms with Crippen LogP contribution in [-0.4, -0.2) is 257 Å².